The first-order valence-electron chi connectivity index (χ1n) is 13.8. The quantitative estimate of drug-likeness (QED) is 0.415. The smallest absolute Gasteiger partial charge is 0.244 e. The number of sulfonamides is 1. The summed E-state index contributed by atoms with van der Waals surface area (Å²) in [6.07, 6.45) is 7.41. The van der Waals surface area contributed by atoms with Crippen molar-refractivity contribution < 1.29 is 18.0 Å². The van der Waals surface area contributed by atoms with Gasteiger partial charge in [-0.25, -0.2) is 8.42 Å². The Kier molecular flexibility index (Phi) is 10.8. The molecule has 0 bridgehead atoms. The molecule has 0 radical (unpaired) electrons. The van der Waals surface area contributed by atoms with Crippen molar-refractivity contribution in [2.45, 2.75) is 83.7 Å². The van der Waals surface area contributed by atoms with E-state index >= 15 is 0 Å². The molecule has 2 aromatic carbocycles. The van der Waals surface area contributed by atoms with Crippen LogP contribution in [0.5, 0.6) is 0 Å². The van der Waals surface area contributed by atoms with Crippen LogP contribution in [0.25, 0.3) is 0 Å². The van der Waals surface area contributed by atoms with Crippen LogP contribution < -0.4 is 9.62 Å². The van der Waals surface area contributed by atoms with E-state index < -0.39 is 16.1 Å². The Balaban J connectivity index is 1.85. The zero-order chi connectivity index (χ0) is 27.7. The number of rotatable bonds is 12. The maximum atomic E-state index is 13.8. The van der Waals surface area contributed by atoms with Crippen molar-refractivity contribution in [1.82, 2.24) is 10.2 Å². The van der Waals surface area contributed by atoms with Crippen LogP contribution in [0.2, 0.25) is 0 Å². The predicted molar refractivity (Wildman–Crippen MR) is 154 cm³/mol. The molecule has 1 aliphatic carbocycles. The van der Waals surface area contributed by atoms with Crippen molar-refractivity contribution in [3.63, 3.8) is 0 Å². The van der Waals surface area contributed by atoms with Gasteiger partial charge < -0.3 is 10.2 Å². The molecular formula is C30H43N3O4S. The number of benzene rings is 2. The molecule has 1 atom stereocenters. The predicted octanol–water partition coefficient (Wildman–Crippen LogP) is 4.87. The van der Waals surface area contributed by atoms with Gasteiger partial charge in [-0.3, -0.25) is 13.9 Å². The monoisotopic (exact) mass is 541 g/mol. The number of carbonyl (C=O) groups excluding carboxylic acids is 2. The molecule has 38 heavy (non-hydrogen) atoms. The molecule has 2 aromatic rings. The van der Waals surface area contributed by atoms with Gasteiger partial charge in [0.05, 0.1) is 11.9 Å². The van der Waals surface area contributed by atoms with E-state index in [2.05, 4.69) is 19.2 Å². The van der Waals surface area contributed by atoms with Gasteiger partial charge in [-0.05, 0) is 54.9 Å². The summed E-state index contributed by atoms with van der Waals surface area (Å²) in [6, 6.07) is 16.5. The van der Waals surface area contributed by atoms with Crippen LogP contribution in [0.1, 0.15) is 76.3 Å². The number of nitrogens with one attached hydrogen (secondary N) is 1. The average molecular weight is 542 g/mol. The third kappa shape index (κ3) is 8.32. The third-order valence-electron chi connectivity index (χ3n) is 7.35. The highest BCUT2D eigenvalue weighted by molar-refractivity contribution is 7.92. The largest absolute Gasteiger partial charge is 0.352 e. The molecule has 2 amide bonds. The highest BCUT2D eigenvalue weighted by Gasteiger charge is 2.32. The van der Waals surface area contributed by atoms with Gasteiger partial charge in [0.25, 0.3) is 0 Å². The minimum absolute atomic E-state index is 0.128. The van der Waals surface area contributed by atoms with E-state index in [1.807, 2.05) is 49.4 Å². The summed E-state index contributed by atoms with van der Waals surface area (Å²) >= 11 is 0. The van der Waals surface area contributed by atoms with Crippen LogP contribution in [0, 0.1) is 0 Å². The van der Waals surface area contributed by atoms with Crippen molar-refractivity contribution in [3.8, 4) is 0 Å². The SMILES string of the molecule is CCC(C(=O)NC1CCCCC1)N(CCc1ccccc1)C(=O)CN(c1ccc(C(C)C)cc1)S(C)(=O)=O. The lowest BCUT2D eigenvalue weighted by molar-refractivity contribution is -0.140. The topological polar surface area (TPSA) is 86.8 Å². The molecule has 1 saturated carbocycles. The summed E-state index contributed by atoms with van der Waals surface area (Å²) in [5.41, 5.74) is 2.58. The second-order valence-corrected chi connectivity index (χ2v) is 12.5. The number of hydrogen-bond acceptors (Lipinski definition) is 4. The summed E-state index contributed by atoms with van der Waals surface area (Å²) in [6.45, 7) is 6.00. The highest BCUT2D eigenvalue weighted by atomic mass is 32.2. The average Bonchev–Trinajstić information content (AvgIpc) is 2.90. The summed E-state index contributed by atoms with van der Waals surface area (Å²) in [5, 5.41) is 3.17. The van der Waals surface area contributed by atoms with E-state index in [9.17, 15) is 18.0 Å². The summed E-state index contributed by atoms with van der Waals surface area (Å²) in [4.78, 5) is 28.8. The van der Waals surface area contributed by atoms with E-state index in [1.54, 1.807) is 17.0 Å². The maximum absolute atomic E-state index is 13.8. The van der Waals surface area contributed by atoms with E-state index in [-0.39, 0.29) is 24.4 Å². The Morgan fingerprint density at radius 1 is 0.974 bits per heavy atom. The summed E-state index contributed by atoms with van der Waals surface area (Å²) in [5.74, 6) is -0.239. The molecule has 1 fully saturated rings. The van der Waals surface area contributed by atoms with Gasteiger partial charge in [0.2, 0.25) is 21.8 Å². The Labute approximate surface area is 228 Å². The van der Waals surface area contributed by atoms with E-state index in [4.69, 9.17) is 0 Å². The fraction of sp³-hybridized carbons (Fsp3) is 0.533. The molecule has 0 heterocycles. The lowest BCUT2D eigenvalue weighted by Crippen LogP contribution is -2.54. The van der Waals surface area contributed by atoms with Crippen molar-refractivity contribution in [1.29, 1.82) is 0 Å². The minimum Gasteiger partial charge on any atom is -0.352 e. The number of amides is 2. The van der Waals surface area contributed by atoms with Crippen molar-refractivity contribution in [3.05, 3.63) is 65.7 Å². The molecule has 0 aliphatic heterocycles. The molecule has 8 heteroatoms. The Bertz CT molecular complexity index is 1140. The minimum atomic E-state index is -3.74. The van der Waals surface area contributed by atoms with Crippen molar-refractivity contribution in [2.75, 3.05) is 23.7 Å². The van der Waals surface area contributed by atoms with Crippen LogP contribution in [0.3, 0.4) is 0 Å². The fourth-order valence-electron chi connectivity index (χ4n) is 5.08. The molecule has 1 unspecified atom stereocenters. The first-order valence-corrected chi connectivity index (χ1v) is 15.7. The Hall–Kier alpha value is -2.87. The Morgan fingerprint density at radius 3 is 2.16 bits per heavy atom. The van der Waals surface area contributed by atoms with Gasteiger partial charge >= 0.3 is 0 Å². The zero-order valence-electron chi connectivity index (χ0n) is 23.2. The molecule has 1 aliphatic rings. The van der Waals surface area contributed by atoms with Gasteiger partial charge in [-0.15, -0.1) is 0 Å². The number of nitrogens with zero attached hydrogens (tertiary/aromatic N) is 2. The Morgan fingerprint density at radius 2 is 1.61 bits per heavy atom. The molecule has 0 saturated heterocycles. The molecule has 0 aromatic heterocycles. The lowest BCUT2D eigenvalue weighted by atomic mass is 9.95. The molecule has 0 spiro atoms. The molecular weight excluding hydrogens is 498 g/mol. The zero-order valence-corrected chi connectivity index (χ0v) is 24.0. The second kappa shape index (κ2) is 13.8. The standard InChI is InChI=1S/C30H43N3O4S/c1-5-28(30(35)31-26-14-10-7-11-15-26)32(21-20-24-12-8-6-9-13-24)29(34)22-33(38(4,36)37)27-18-16-25(17-19-27)23(2)3/h6,8-9,12-13,16-19,23,26,28H,5,7,10-11,14-15,20-22H2,1-4H3,(H,31,35). The molecule has 7 nitrogen and oxygen atoms in total. The second-order valence-electron chi connectivity index (χ2n) is 10.6. The number of hydrogen-bond donors (Lipinski definition) is 1. The van der Waals surface area contributed by atoms with Crippen LogP contribution in [0.15, 0.2) is 54.6 Å². The summed E-state index contributed by atoms with van der Waals surface area (Å²) in [7, 11) is -3.74. The van der Waals surface area contributed by atoms with Crippen molar-refractivity contribution in [2.24, 2.45) is 0 Å². The van der Waals surface area contributed by atoms with Crippen molar-refractivity contribution >= 4 is 27.5 Å². The normalized spacial score (nSPS) is 15.2. The maximum Gasteiger partial charge on any atom is 0.244 e. The van der Waals surface area contributed by atoms with Gasteiger partial charge in [0.1, 0.15) is 12.6 Å². The highest BCUT2D eigenvalue weighted by Crippen LogP contribution is 2.23. The molecule has 208 valence electrons. The van der Waals surface area contributed by atoms with Gasteiger partial charge in [0, 0.05) is 12.6 Å². The van der Waals surface area contributed by atoms with Gasteiger partial charge in [-0.2, -0.15) is 0 Å². The van der Waals surface area contributed by atoms with Crippen LogP contribution >= 0.6 is 0 Å². The van der Waals surface area contributed by atoms with Crippen LogP contribution in [-0.4, -0.2) is 56.6 Å². The first kappa shape index (κ1) is 29.7. The van der Waals surface area contributed by atoms with E-state index in [0.29, 0.717) is 31.0 Å². The van der Waals surface area contributed by atoms with E-state index in [0.717, 1.165) is 47.4 Å². The van der Waals surface area contributed by atoms with Crippen LogP contribution in [-0.2, 0) is 26.0 Å². The van der Waals surface area contributed by atoms with Crippen LogP contribution in [0.4, 0.5) is 5.69 Å². The number of anilines is 1. The molecule has 1 N–H and O–H groups in total. The first-order chi connectivity index (χ1) is 18.1. The molecule has 3 rings (SSSR count). The fourth-order valence-corrected chi connectivity index (χ4v) is 5.93. The van der Waals surface area contributed by atoms with E-state index in [1.165, 1.54) is 6.42 Å². The van der Waals surface area contributed by atoms with Gasteiger partial charge in [-0.1, -0.05) is 82.5 Å². The van der Waals surface area contributed by atoms with Gasteiger partial charge in [0.15, 0.2) is 0 Å². The lowest BCUT2D eigenvalue weighted by Gasteiger charge is -2.34. The summed E-state index contributed by atoms with van der Waals surface area (Å²) < 4.78 is 26.7. The third-order valence-corrected chi connectivity index (χ3v) is 8.49. The number of carbonyl (C=O) groups is 2.